The molecule has 5 rings (SSSR count). The minimum Gasteiger partial charge on any atom is -0.457 e. The smallest absolute Gasteiger partial charge is 0.308 e. The Bertz CT molecular complexity index is 1580. The van der Waals surface area contributed by atoms with Gasteiger partial charge in [0.05, 0.1) is 24.2 Å². The molecule has 50 heavy (non-hydrogen) atoms. The molecule has 0 unspecified atom stereocenters. The molecule has 1 saturated heterocycles. The Balaban J connectivity index is 1.53. The zero-order valence-electron chi connectivity index (χ0n) is 31.4. The van der Waals surface area contributed by atoms with Crippen molar-refractivity contribution in [2.24, 2.45) is 0 Å². The fraction of sp³-hybridized carbons (Fsp3) is 0.419. The van der Waals surface area contributed by atoms with Crippen LogP contribution in [0.1, 0.15) is 75.2 Å². The van der Waals surface area contributed by atoms with Crippen LogP contribution < -0.4 is 20.7 Å². The Morgan fingerprint density at radius 1 is 0.620 bits per heavy atom. The summed E-state index contributed by atoms with van der Waals surface area (Å²) in [4.78, 5) is 13.3. The van der Waals surface area contributed by atoms with Gasteiger partial charge in [-0.05, 0) is 58.0 Å². The predicted molar refractivity (Wildman–Crippen MR) is 210 cm³/mol. The second-order valence-corrected chi connectivity index (χ2v) is 25.1. The summed E-state index contributed by atoms with van der Waals surface area (Å²) in [6, 6.07) is 42.5. The Morgan fingerprint density at radius 2 is 1.00 bits per heavy atom. The van der Waals surface area contributed by atoms with Crippen LogP contribution in [0.2, 0.25) is 10.1 Å². The van der Waals surface area contributed by atoms with Gasteiger partial charge < -0.3 is 18.3 Å². The molecule has 0 aliphatic carbocycles. The summed E-state index contributed by atoms with van der Waals surface area (Å²) < 4.78 is 27.9. The maximum Gasteiger partial charge on any atom is 0.308 e. The van der Waals surface area contributed by atoms with Gasteiger partial charge in [0.1, 0.15) is 0 Å². The van der Waals surface area contributed by atoms with Crippen LogP contribution in [-0.4, -0.2) is 53.1 Å². The summed E-state index contributed by atoms with van der Waals surface area (Å²) in [6.45, 7) is 20.2. The van der Waals surface area contributed by atoms with Gasteiger partial charge in [0.15, 0.2) is 6.10 Å². The molecule has 4 aromatic rings. The van der Waals surface area contributed by atoms with Gasteiger partial charge in [0.25, 0.3) is 16.6 Å². The molecule has 0 bridgehead atoms. The van der Waals surface area contributed by atoms with Crippen LogP contribution in [-0.2, 0) is 23.1 Å². The van der Waals surface area contributed by atoms with Gasteiger partial charge in [-0.25, -0.2) is 0 Å². The highest BCUT2D eigenvalue weighted by atomic mass is 28.4. The van der Waals surface area contributed by atoms with Crippen molar-refractivity contribution in [1.82, 2.24) is 0 Å². The SMILES string of the molecule is CC(C)(C)O[C@H](CCO[Si](c1ccccc1)(c1ccccc1)C(C)(C)C)[C@@H]1OC(=O)C[C@@H]1O[Si](c1ccccc1)(c1ccccc1)C(C)(C)C. The van der Waals surface area contributed by atoms with E-state index in [0.29, 0.717) is 13.0 Å². The van der Waals surface area contributed by atoms with Gasteiger partial charge in [-0.1, -0.05) is 163 Å². The molecule has 266 valence electrons. The van der Waals surface area contributed by atoms with E-state index in [1.54, 1.807) is 0 Å². The molecule has 0 radical (unpaired) electrons. The number of rotatable bonds is 12. The summed E-state index contributed by atoms with van der Waals surface area (Å²) in [5, 5.41) is 4.38. The number of cyclic esters (lactones) is 1. The van der Waals surface area contributed by atoms with Crippen molar-refractivity contribution in [3.05, 3.63) is 121 Å². The van der Waals surface area contributed by atoms with Gasteiger partial charge in [-0.3, -0.25) is 4.79 Å². The van der Waals surface area contributed by atoms with E-state index in [-0.39, 0.29) is 22.5 Å². The molecule has 0 aromatic heterocycles. The maximum absolute atomic E-state index is 13.3. The second kappa shape index (κ2) is 15.1. The molecular weight excluding hydrogens is 653 g/mol. The van der Waals surface area contributed by atoms with Gasteiger partial charge in [0, 0.05) is 6.61 Å². The van der Waals surface area contributed by atoms with E-state index in [0.717, 1.165) is 0 Å². The third kappa shape index (κ3) is 7.92. The van der Waals surface area contributed by atoms with E-state index in [2.05, 4.69) is 172 Å². The number of hydrogen-bond donors (Lipinski definition) is 0. The van der Waals surface area contributed by atoms with Crippen molar-refractivity contribution in [1.29, 1.82) is 0 Å². The summed E-state index contributed by atoms with van der Waals surface area (Å²) in [7, 11) is -5.76. The zero-order valence-corrected chi connectivity index (χ0v) is 33.4. The van der Waals surface area contributed by atoms with Gasteiger partial charge in [-0.15, -0.1) is 0 Å². The van der Waals surface area contributed by atoms with E-state index in [1.807, 2.05) is 12.1 Å². The lowest BCUT2D eigenvalue weighted by Gasteiger charge is -2.46. The van der Waals surface area contributed by atoms with Crippen molar-refractivity contribution in [2.75, 3.05) is 6.61 Å². The first-order chi connectivity index (χ1) is 23.6. The quantitative estimate of drug-likeness (QED) is 0.114. The second-order valence-electron chi connectivity index (χ2n) is 16.5. The van der Waals surface area contributed by atoms with Crippen LogP contribution in [0, 0.1) is 0 Å². The van der Waals surface area contributed by atoms with E-state index < -0.39 is 40.5 Å². The number of esters is 1. The standard InChI is InChI=1S/C43H56O5Si2/c1-41(2,3)47-37(30-31-45-49(42(4,5)6,33-22-14-10-15-23-33)34-24-16-11-17-25-34)40-38(32-39(44)46-40)48-50(43(7,8)9,35-26-18-12-19-27-35)36-28-20-13-21-29-36/h10-29,37-38,40H,30-32H2,1-9H3/t37-,38+,40+/m1/s1. The van der Waals surface area contributed by atoms with Crippen molar-refractivity contribution >= 4 is 43.4 Å². The van der Waals surface area contributed by atoms with Crippen molar-refractivity contribution < 1.29 is 23.1 Å². The largest absolute Gasteiger partial charge is 0.457 e. The van der Waals surface area contributed by atoms with Gasteiger partial charge >= 0.3 is 5.97 Å². The number of ether oxygens (including phenoxy) is 2. The Hall–Kier alpha value is -3.34. The average molecular weight is 709 g/mol. The van der Waals surface area contributed by atoms with Crippen LogP contribution in [0.25, 0.3) is 0 Å². The third-order valence-corrected chi connectivity index (χ3v) is 19.9. The molecule has 0 spiro atoms. The van der Waals surface area contributed by atoms with Crippen molar-refractivity contribution in [3.8, 4) is 0 Å². The first-order valence-electron chi connectivity index (χ1n) is 18.0. The molecule has 0 N–H and O–H groups in total. The van der Waals surface area contributed by atoms with E-state index in [1.165, 1.54) is 20.7 Å². The molecule has 5 nitrogen and oxygen atoms in total. The predicted octanol–water partition coefficient (Wildman–Crippen LogP) is 7.40. The number of carbonyl (C=O) groups excluding carboxylic acids is 1. The molecule has 7 heteroatoms. The molecule has 1 heterocycles. The van der Waals surface area contributed by atoms with Gasteiger partial charge in [-0.2, -0.15) is 0 Å². The Labute approximate surface area is 302 Å². The number of hydrogen-bond acceptors (Lipinski definition) is 5. The number of carbonyl (C=O) groups is 1. The minimum absolute atomic E-state index is 0.162. The average Bonchev–Trinajstić information content (AvgIpc) is 3.44. The molecule has 0 amide bonds. The minimum atomic E-state index is -2.98. The highest BCUT2D eigenvalue weighted by Crippen LogP contribution is 2.41. The summed E-state index contributed by atoms with van der Waals surface area (Å²) in [5.41, 5.74) is -0.487. The van der Waals surface area contributed by atoms with E-state index in [9.17, 15) is 4.79 Å². The van der Waals surface area contributed by atoms with Gasteiger partial charge in [0.2, 0.25) is 0 Å². The first kappa shape index (κ1) is 37.9. The molecule has 1 aliphatic heterocycles. The van der Waals surface area contributed by atoms with Crippen LogP contribution in [0.4, 0.5) is 0 Å². The monoisotopic (exact) mass is 708 g/mol. The highest BCUT2D eigenvalue weighted by molar-refractivity contribution is 7.00. The van der Waals surface area contributed by atoms with Crippen LogP contribution >= 0.6 is 0 Å². The fourth-order valence-electron chi connectivity index (χ4n) is 7.73. The summed E-state index contributed by atoms with van der Waals surface area (Å²) in [5.74, 6) is -0.256. The molecule has 1 aliphatic rings. The molecule has 1 fully saturated rings. The van der Waals surface area contributed by atoms with Crippen LogP contribution in [0.5, 0.6) is 0 Å². The first-order valence-corrected chi connectivity index (χ1v) is 21.8. The highest BCUT2D eigenvalue weighted by Gasteiger charge is 2.55. The Kier molecular flexibility index (Phi) is 11.4. The summed E-state index contributed by atoms with van der Waals surface area (Å²) >= 11 is 0. The van der Waals surface area contributed by atoms with E-state index >= 15 is 0 Å². The zero-order chi connectivity index (χ0) is 36.2. The van der Waals surface area contributed by atoms with Crippen molar-refractivity contribution in [3.63, 3.8) is 0 Å². The molecular formula is C43H56O5Si2. The third-order valence-electron chi connectivity index (χ3n) is 9.76. The normalized spacial score (nSPS) is 18.1. The van der Waals surface area contributed by atoms with Crippen LogP contribution in [0.15, 0.2) is 121 Å². The lowest BCUT2D eigenvalue weighted by Crippen LogP contribution is -2.68. The Morgan fingerprint density at radius 3 is 1.36 bits per heavy atom. The summed E-state index contributed by atoms with van der Waals surface area (Å²) in [6.07, 6.45) is -0.808. The maximum atomic E-state index is 13.3. The molecule has 3 atom stereocenters. The molecule has 0 saturated carbocycles. The number of benzene rings is 4. The lowest BCUT2D eigenvalue weighted by molar-refractivity contribution is -0.160. The van der Waals surface area contributed by atoms with Crippen molar-refractivity contribution in [2.45, 2.75) is 109 Å². The fourth-order valence-corrected chi connectivity index (χ4v) is 17.0. The topological polar surface area (TPSA) is 54.0 Å². The van der Waals surface area contributed by atoms with Crippen LogP contribution in [0.3, 0.4) is 0 Å². The lowest BCUT2D eigenvalue weighted by atomic mass is 10.0. The van der Waals surface area contributed by atoms with E-state index in [4.69, 9.17) is 18.3 Å². The molecule has 4 aromatic carbocycles.